The van der Waals surface area contributed by atoms with Gasteiger partial charge < -0.3 is 43.6 Å². The Morgan fingerprint density at radius 3 is 0.406 bits per heavy atom. The van der Waals surface area contributed by atoms with Crippen molar-refractivity contribution in [1.82, 2.24) is 0 Å². The first-order chi connectivity index (χ1) is 68.5. The van der Waals surface area contributed by atoms with E-state index in [4.69, 9.17) is 43.6 Å². The van der Waals surface area contributed by atoms with E-state index in [1.54, 1.807) is 0 Å². The van der Waals surface area contributed by atoms with Crippen molar-refractivity contribution in [2.24, 2.45) is 23.5 Å². The number of ether oxygens (including phenoxy) is 8. The Morgan fingerprint density at radius 1 is 0.138 bits per heavy atom. The van der Waals surface area contributed by atoms with Crippen LogP contribution in [-0.4, -0.2) is 108 Å². The van der Waals surface area contributed by atoms with Gasteiger partial charge >= 0.3 is 0 Å². The first-order valence-electron chi connectivity index (χ1n) is 65.1. The van der Waals surface area contributed by atoms with Crippen LogP contribution in [0, 0.1) is 17.8 Å². The summed E-state index contributed by atoms with van der Waals surface area (Å²) in [6, 6.07) is 0. The van der Waals surface area contributed by atoms with Gasteiger partial charge in [0.25, 0.3) is 0 Å². The van der Waals surface area contributed by atoms with Crippen molar-refractivity contribution < 1.29 is 37.9 Å². The zero-order chi connectivity index (χ0) is 98.2. The number of rotatable bonds is 115. The van der Waals surface area contributed by atoms with Crippen molar-refractivity contribution in [3.05, 3.63) is 0 Å². The molecule has 0 radical (unpaired) electrons. The van der Waals surface area contributed by atoms with E-state index in [1.807, 2.05) is 0 Å². The summed E-state index contributed by atoms with van der Waals surface area (Å²) in [5, 5.41) is 0. The Balaban J connectivity index is 1.78. The molecular formula is C129H255NO8. The molecule has 0 amide bonds. The lowest BCUT2D eigenvalue weighted by Crippen LogP contribution is -2.50. The lowest BCUT2D eigenvalue weighted by molar-refractivity contribution is -0.180. The fourth-order valence-electron chi connectivity index (χ4n) is 23.5. The number of hydrogen-bond acceptors (Lipinski definition) is 9. The number of unbranched alkanes of at least 4 members (excludes halogenated alkanes) is 90. The highest BCUT2D eigenvalue weighted by Crippen LogP contribution is 2.38. The van der Waals surface area contributed by atoms with Gasteiger partial charge in [0.15, 0.2) is 0 Å². The zero-order valence-corrected chi connectivity index (χ0v) is 95.4. The van der Waals surface area contributed by atoms with E-state index in [1.165, 1.54) is 578 Å². The lowest BCUT2D eigenvalue weighted by Gasteiger charge is -2.43. The van der Waals surface area contributed by atoms with Gasteiger partial charge in [0.2, 0.25) is 0 Å². The minimum absolute atomic E-state index is 0.0162. The molecular weight excluding hydrogens is 1690 g/mol. The van der Waals surface area contributed by atoms with Gasteiger partial charge in [-0.2, -0.15) is 0 Å². The summed E-state index contributed by atoms with van der Waals surface area (Å²) in [5.41, 5.74) is 6.79. The third-order valence-electron chi connectivity index (χ3n) is 32.9. The van der Waals surface area contributed by atoms with E-state index in [0.29, 0.717) is 24.3 Å². The molecule has 6 atom stereocenters. The van der Waals surface area contributed by atoms with E-state index >= 15 is 0 Å². The van der Waals surface area contributed by atoms with Crippen LogP contribution in [0.15, 0.2) is 0 Å². The second-order valence-corrected chi connectivity index (χ2v) is 46.5. The molecule has 3 saturated carbocycles. The molecule has 0 heterocycles. The van der Waals surface area contributed by atoms with E-state index < -0.39 is 0 Å². The molecule has 0 saturated heterocycles. The average Bonchev–Trinajstić information content (AvgIpc) is 0.823. The predicted molar refractivity (Wildman–Crippen MR) is 607 cm³/mol. The second-order valence-electron chi connectivity index (χ2n) is 46.5. The summed E-state index contributed by atoms with van der Waals surface area (Å²) < 4.78 is 58.1. The summed E-state index contributed by atoms with van der Waals surface area (Å²) in [6.07, 6.45) is 140. The molecule has 0 aromatic rings. The summed E-state index contributed by atoms with van der Waals surface area (Å²) in [7, 11) is 0. The Bertz CT molecular complexity index is 2030. The van der Waals surface area contributed by atoms with Gasteiger partial charge in [-0.1, -0.05) is 619 Å². The van der Waals surface area contributed by atoms with Crippen LogP contribution in [0.4, 0.5) is 0 Å². The quantitative estimate of drug-likeness (QED) is 0.0597. The van der Waals surface area contributed by atoms with Gasteiger partial charge in [-0.25, -0.2) is 0 Å². The normalized spacial score (nSPS) is 19.8. The second kappa shape index (κ2) is 108. The lowest BCUT2D eigenvalue weighted by atomic mass is 9.82. The third-order valence-corrected chi connectivity index (χ3v) is 32.9. The maximum atomic E-state index is 7.35. The van der Waals surface area contributed by atoms with Crippen molar-refractivity contribution in [3.8, 4) is 0 Å². The Hall–Kier alpha value is -0.360. The fourth-order valence-corrected chi connectivity index (χ4v) is 23.5. The van der Waals surface area contributed by atoms with E-state index in [2.05, 4.69) is 41.5 Å². The zero-order valence-electron chi connectivity index (χ0n) is 95.4. The Morgan fingerprint density at radius 2 is 0.268 bits per heavy atom. The predicted octanol–water partition coefficient (Wildman–Crippen LogP) is 42.2. The molecule has 6 unspecified atom stereocenters. The fraction of sp³-hybridized carbons (Fsp3) is 1.00. The van der Waals surface area contributed by atoms with Crippen LogP contribution in [0.25, 0.3) is 0 Å². The molecule has 0 spiro atoms. The van der Waals surface area contributed by atoms with Crippen LogP contribution in [0.2, 0.25) is 0 Å². The van der Waals surface area contributed by atoms with Gasteiger partial charge in [-0.05, 0) is 108 Å². The molecule has 0 bridgehead atoms. The van der Waals surface area contributed by atoms with Crippen LogP contribution in [0.3, 0.4) is 0 Å². The van der Waals surface area contributed by atoms with E-state index in [0.717, 1.165) is 136 Å². The summed E-state index contributed by atoms with van der Waals surface area (Å²) in [6.45, 7) is 21.0. The van der Waals surface area contributed by atoms with Crippen LogP contribution in [0.5, 0.6) is 0 Å². The van der Waals surface area contributed by atoms with Crippen molar-refractivity contribution in [3.63, 3.8) is 0 Å². The van der Waals surface area contributed by atoms with Crippen molar-refractivity contribution >= 4 is 0 Å². The monoisotopic (exact) mass is 1950 g/mol. The molecule has 824 valence electrons. The highest BCUT2D eigenvalue weighted by molar-refractivity contribution is 4.93. The molecule has 0 aromatic heterocycles. The number of nitrogens with two attached hydrogens (primary N) is 1. The van der Waals surface area contributed by atoms with Crippen molar-refractivity contribution in [2.75, 3.05) is 59.4 Å². The van der Waals surface area contributed by atoms with Crippen LogP contribution in [-0.2, 0) is 37.9 Å². The molecule has 9 heteroatoms. The largest absolute Gasteiger partial charge is 0.378 e. The SMILES string of the molecule is CCCCCCCCCCCCCCCCCCOC1CC(COC2CC(CN)CC(OCC3CC(OCCCCCCCCCCCCCCCCCC)C(OCCCCCCCCCCCCCCCCCC)C(OCCCCCCCCCCCCCCCCCC)C3)C2)CC(OCCCCCCCCCCCCCCCCCC)C1OCCCCCCCCCCCCCCCCCC. The summed E-state index contributed by atoms with van der Waals surface area (Å²) >= 11 is 0. The maximum Gasteiger partial charge on any atom is 0.110 e. The van der Waals surface area contributed by atoms with E-state index in [-0.39, 0.29) is 48.8 Å². The first-order valence-corrected chi connectivity index (χ1v) is 65.1. The van der Waals surface area contributed by atoms with Gasteiger partial charge in [0, 0.05) is 52.9 Å². The molecule has 3 aliphatic rings. The highest BCUT2D eigenvalue weighted by atomic mass is 16.6. The molecule has 9 nitrogen and oxygen atoms in total. The third kappa shape index (κ3) is 85.4. The van der Waals surface area contributed by atoms with Crippen molar-refractivity contribution in [1.29, 1.82) is 0 Å². The Labute approximate surface area is 867 Å². The highest BCUT2D eigenvalue weighted by Gasteiger charge is 2.43. The molecule has 0 aromatic carbocycles. The minimum atomic E-state index is -0.0355. The first kappa shape index (κ1) is 132. The van der Waals surface area contributed by atoms with Crippen LogP contribution < -0.4 is 5.73 Å². The van der Waals surface area contributed by atoms with Gasteiger partial charge in [0.05, 0.1) is 36.6 Å². The molecule has 3 fully saturated rings. The van der Waals surface area contributed by atoms with Crippen molar-refractivity contribution in [2.45, 2.75) is 752 Å². The van der Waals surface area contributed by atoms with E-state index in [9.17, 15) is 0 Å². The van der Waals surface area contributed by atoms with Crippen LogP contribution >= 0.6 is 0 Å². The maximum absolute atomic E-state index is 7.35. The van der Waals surface area contributed by atoms with Crippen LogP contribution in [0.1, 0.15) is 703 Å². The standard InChI is InChI=1S/C129H255NO8/c1-7-13-19-25-31-37-43-49-55-61-67-73-79-85-91-97-103-131-124-111-120(112-125(132-104-98-92-86-80-74-68-62-56-50-44-38-32-26-20-14-8-2)128(124)135-107-101-95-89-83-77-71-65-59-53-47-41-35-29-23-17-11-5)117-137-122-109-119(116-130)110-123(115-122)138-118-121-113-126(133-105-99-93-87-81-75-69-63-57-51-45-39-33-27-21-15-9-3)129(136-108-102-96-90-84-78-72-66-60-54-48-42-36-30-24-18-12-6)127(114-121)134-106-100-94-88-82-76-70-64-58-52-46-40-34-28-22-16-10-4/h119-129H,7-118,130H2,1-6H3. The minimum Gasteiger partial charge on any atom is -0.378 e. The molecule has 0 aliphatic heterocycles. The summed E-state index contributed by atoms with van der Waals surface area (Å²) in [4.78, 5) is 0. The molecule has 138 heavy (non-hydrogen) atoms. The Kier molecular flexibility index (Phi) is 103. The molecule has 2 N–H and O–H groups in total. The topological polar surface area (TPSA) is 99.9 Å². The average molecular weight is 1950 g/mol. The number of hydrogen-bond donors (Lipinski definition) is 1. The van der Waals surface area contributed by atoms with Gasteiger partial charge in [-0.15, -0.1) is 0 Å². The van der Waals surface area contributed by atoms with Gasteiger partial charge in [-0.3, -0.25) is 0 Å². The summed E-state index contributed by atoms with van der Waals surface area (Å²) in [5.74, 6) is 1.08. The van der Waals surface area contributed by atoms with Gasteiger partial charge in [0.1, 0.15) is 12.2 Å². The molecule has 3 rings (SSSR count). The molecule has 3 aliphatic carbocycles. The smallest absolute Gasteiger partial charge is 0.110 e.